The third-order valence-corrected chi connectivity index (χ3v) is 8.82. The molecule has 1 amide bonds. The highest BCUT2D eigenvalue weighted by atomic mass is 32.2. The maximum absolute atomic E-state index is 12.7. The van der Waals surface area contributed by atoms with Gasteiger partial charge in [0.05, 0.1) is 19.0 Å². The number of ether oxygens (including phenoxy) is 1. The van der Waals surface area contributed by atoms with Crippen LogP contribution in [0.1, 0.15) is 25.7 Å². The fraction of sp³-hybridized carbons (Fsp3) is 0.714. The SMILES string of the molecule is Cn1c(=O)c2nc(SCCC(=O)NS(=O)(=O)CCN3CCOCC3)n(CC3CCC3)c2n(C)c1=O. The number of fused-ring (bicyclic) bond motifs is 1. The van der Waals surface area contributed by atoms with Gasteiger partial charge in [-0.15, -0.1) is 0 Å². The third kappa shape index (κ3) is 5.98. The molecule has 1 aliphatic carbocycles. The summed E-state index contributed by atoms with van der Waals surface area (Å²) in [6.07, 6.45) is 3.28. The number of hydrogen-bond donors (Lipinski definition) is 1. The molecular weight excluding hydrogens is 496 g/mol. The molecule has 2 aliphatic rings. The number of nitrogens with zero attached hydrogens (tertiary/aromatic N) is 5. The lowest BCUT2D eigenvalue weighted by atomic mass is 9.85. The van der Waals surface area contributed by atoms with Crippen LogP contribution in [0.3, 0.4) is 0 Å². The number of carbonyl (C=O) groups is 1. The van der Waals surface area contributed by atoms with E-state index in [-0.39, 0.29) is 23.4 Å². The predicted molar refractivity (Wildman–Crippen MR) is 132 cm³/mol. The topological polar surface area (TPSA) is 138 Å². The van der Waals surface area contributed by atoms with Gasteiger partial charge in [-0.2, -0.15) is 0 Å². The standard InChI is InChI=1S/C21H32N6O6S2/c1-24-18-17(19(29)25(2)21(24)30)22-20(27(18)14-15-4-3-5-15)34-12-6-16(28)23-35(31,32)13-9-26-7-10-33-11-8-26/h15H,3-14H2,1-2H3,(H,23,28). The second-order valence-corrected chi connectivity index (χ2v) is 12.0. The van der Waals surface area contributed by atoms with Gasteiger partial charge in [0.15, 0.2) is 16.3 Å². The van der Waals surface area contributed by atoms with E-state index in [1.807, 2.05) is 9.47 Å². The van der Waals surface area contributed by atoms with E-state index in [9.17, 15) is 22.8 Å². The smallest absolute Gasteiger partial charge is 0.332 e. The first kappa shape index (κ1) is 25.9. The first-order valence-corrected chi connectivity index (χ1v) is 14.4. The molecule has 3 heterocycles. The van der Waals surface area contributed by atoms with E-state index in [4.69, 9.17) is 4.74 Å². The van der Waals surface area contributed by atoms with E-state index in [0.717, 1.165) is 23.8 Å². The van der Waals surface area contributed by atoms with Crippen LogP contribution in [-0.4, -0.2) is 82.3 Å². The van der Waals surface area contributed by atoms with Crippen molar-refractivity contribution in [1.82, 2.24) is 28.3 Å². The number of morpholine rings is 1. The Balaban J connectivity index is 1.41. The van der Waals surface area contributed by atoms with Crippen molar-refractivity contribution in [3.63, 3.8) is 0 Å². The largest absolute Gasteiger partial charge is 0.379 e. The fourth-order valence-corrected chi connectivity index (χ4v) is 6.25. The Morgan fingerprint density at radius 1 is 1.17 bits per heavy atom. The molecule has 14 heteroatoms. The summed E-state index contributed by atoms with van der Waals surface area (Å²) in [5.74, 6) is 0.00301. The number of aromatic nitrogens is 4. The lowest BCUT2D eigenvalue weighted by Crippen LogP contribution is -2.42. The molecule has 0 aromatic carbocycles. The van der Waals surface area contributed by atoms with Crippen LogP contribution in [0.15, 0.2) is 14.7 Å². The summed E-state index contributed by atoms with van der Waals surface area (Å²) in [6.45, 7) is 3.50. The zero-order chi connectivity index (χ0) is 25.2. The number of amides is 1. The number of hydrogen-bond acceptors (Lipinski definition) is 9. The Kier molecular flexibility index (Phi) is 8.03. The number of thioether (sulfide) groups is 1. The van der Waals surface area contributed by atoms with Crippen molar-refractivity contribution in [3.05, 3.63) is 20.8 Å². The highest BCUT2D eigenvalue weighted by molar-refractivity contribution is 7.99. The first-order valence-electron chi connectivity index (χ1n) is 11.8. The van der Waals surface area contributed by atoms with Crippen molar-refractivity contribution in [3.8, 4) is 0 Å². The molecule has 0 spiro atoms. The Morgan fingerprint density at radius 3 is 2.54 bits per heavy atom. The number of rotatable bonds is 10. The van der Waals surface area contributed by atoms with E-state index < -0.39 is 27.2 Å². The van der Waals surface area contributed by atoms with E-state index in [1.165, 1.54) is 23.4 Å². The van der Waals surface area contributed by atoms with Crippen molar-refractivity contribution in [2.75, 3.05) is 44.4 Å². The second-order valence-electron chi connectivity index (χ2n) is 9.08. The monoisotopic (exact) mass is 528 g/mol. The molecule has 2 aromatic rings. The Morgan fingerprint density at radius 2 is 1.89 bits per heavy atom. The van der Waals surface area contributed by atoms with Crippen LogP contribution in [0.4, 0.5) is 0 Å². The van der Waals surface area contributed by atoms with Crippen LogP contribution in [0.5, 0.6) is 0 Å². The molecule has 1 N–H and O–H groups in total. The van der Waals surface area contributed by atoms with Crippen LogP contribution in [0.2, 0.25) is 0 Å². The molecule has 2 fully saturated rings. The average Bonchev–Trinajstić information content (AvgIpc) is 3.16. The van der Waals surface area contributed by atoms with E-state index in [2.05, 4.69) is 9.71 Å². The molecule has 0 radical (unpaired) electrons. The third-order valence-electron chi connectivity index (χ3n) is 6.58. The van der Waals surface area contributed by atoms with E-state index in [0.29, 0.717) is 56.1 Å². The maximum atomic E-state index is 12.7. The fourth-order valence-electron chi connectivity index (χ4n) is 4.26. The summed E-state index contributed by atoms with van der Waals surface area (Å²) < 4.78 is 36.4. The Labute approximate surface area is 207 Å². The van der Waals surface area contributed by atoms with Crippen molar-refractivity contribution in [1.29, 1.82) is 0 Å². The molecule has 194 valence electrons. The highest BCUT2D eigenvalue weighted by Gasteiger charge is 2.25. The number of nitrogens with one attached hydrogen (secondary N) is 1. The normalized spacial score (nSPS) is 17.5. The van der Waals surface area contributed by atoms with Crippen LogP contribution < -0.4 is 16.0 Å². The average molecular weight is 529 g/mol. The minimum atomic E-state index is -3.73. The molecule has 0 unspecified atom stereocenters. The molecule has 1 aliphatic heterocycles. The van der Waals surface area contributed by atoms with Crippen molar-refractivity contribution >= 4 is 38.9 Å². The van der Waals surface area contributed by atoms with Gasteiger partial charge in [-0.1, -0.05) is 18.2 Å². The van der Waals surface area contributed by atoms with Gasteiger partial charge >= 0.3 is 5.69 Å². The second kappa shape index (κ2) is 10.8. The van der Waals surface area contributed by atoms with Crippen molar-refractivity contribution in [2.24, 2.45) is 20.0 Å². The van der Waals surface area contributed by atoms with Gasteiger partial charge in [0.2, 0.25) is 15.9 Å². The summed E-state index contributed by atoms with van der Waals surface area (Å²) in [6, 6.07) is 0. The van der Waals surface area contributed by atoms with Gasteiger partial charge in [-0.25, -0.2) is 18.2 Å². The van der Waals surface area contributed by atoms with Crippen LogP contribution in [0.25, 0.3) is 11.2 Å². The molecule has 4 rings (SSSR count). The van der Waals surface area contributed by atoms with Gasteiger partial charge < -0.3 is 9.30 Å². The van der Waals surface area contributed by atoms with Gasteiger partial charge in [0, 0.05) is 52.4 Å². The van der Waals surface area contributed by atoms with Crippen LogP contribution in [-0.2, 0) is 40.2 Å². The minimum Gasteiger partial charge on any atom is -0.379 e. The number of aryl methyl sites for hydroxylation is 1. The molecule has 2 aromatic heterocycles. The summed E-state index contributed by atoms with van der Waals surface area (Å²) in [5.41, 5.74) is -0.189. The van der Waals surface area contributed by atoms with Crippen molar-refractivity contribution < 1.29 is 17.9 Å². The Bertz CT molecular complexity index is 1300. The minimum absolute atomic E-state index is 0.0228. The number of imidazole rings is 1. The molecule has 1 saturated carbocycles. The number of sulfonamides is 1. The van der Waals surface area contributed by atoms with Gasteiger partial charge in [-0.05, 0) is 18.8 Å². The molecule has 0 bridgehead atoms. The molecule has 1 saturated heterocycles. The van der Waals surface area contributed by atoms with E-state index in [1.54, 1.807) is 7.05 Å². The van der Waals surface area contributed by atoms with Crippen LogP contribution in [0, 0.1) is 5.92 Å². The van der Waals surface area contributed by atoms with Crippen LogP contribution >= 0.6 is 11.8 Å². The maximum Gasteiger partial charge on any atom is 0.332 e. The van der Waals surface area contributed by atoms with Gasteiger partial charge in [0.25, 0.3) is 5.56 Å². The lowest BCUT2D eigenvalue weighted by molar-refractivity contribution is -0.118. The quantitative estimate of drug-likeness (QED) is 0.404. The first-order chi connectivity index (χ1) is 16.7. The summed E-state index contributed by atoms with van der Waals surface area (Å²) >= 11 is 1.28. The Hall–Kier alpha value is -2.16. The summed E-state index contributed by atoms with van der Waals surface area (Å²) in [4.78, 5) is 44.0. The van der Waals surface area contributed by atoms with Gasteiger partial charge in [0.1, 0.15) is 0 Å². The number of carbonyl (C=O) groups excluding carboxylic acids is 1. The van der Waals surface area contributed by atoms with Gasteiger partial charge in [-0.3, -0.25) is 28.3 Å². The van der Waals surface area contributed by atoms with Crippen molar-refractivity contribution in [2.45, 2.75) is 37.4 Å². The summed E-state index contributed by atoms with van der Waals surface area (Å²) in [5, 5.41) is 0.549. The predicted octanol–water partition coefficient (Wildman–Crippen LogP) is -0.506. The highest BCUT2D eigenvalue weighted by Crippen LogP contribution is 2.31. The molecule has 0 atom stereocenters. The summed E-state index contributed by atoms with van der Waals surface area (Å²) in [7, 11) is -0.691. The van der Waals surface area contributed by atoms with E-state index >= 15 is 0 Å². The molecular formula is C21H32N6O6S2. The lowest BCUT2D eigenvalue weighted by Gasteiger charge is -2.26. The zero-order valence-corrected chi connectivity index (χ0v) is 21.7. The molecule has 12 nitrogen and oxygen atoms in total. The molecule has 35 heavy (non-hydrogen) atoms. The zero-order valence-electron chi connectivity index (χ0n) is 20.1.